The molecule has 12 nitrogen and oxygen atoms in total. The van der Waals surface area contributed by atoms with Crippen LogP contribution in [0.2, 0.25) is 0 Å². The molecule has 0 aliphatic carbocycles. The lowest BCUT2D eigenvalue weighted by molar-refractivity contribution is -0.492. The molecular weight excluding hydrogens is 422 g/mol. The highest BCUT2D eigenvalue weighted by molar-refractivity contribution is 8.13. The first-order chi connectivity index (χ1) is 14.1. The molecule has 0 bridgehead atoms. The van der Waals surface area contributed by atoms with Gasteiger partial charge in [-0.3, -0.25) is 24.8 Å². The molecule has 0 radical (unpaired) electrons. The van der Waals surface area contributed by atoms with Gasteiger partial charge in [-0.05, 0) is 32.6 Å². The Kier molecular flexibility index (Phi) is 11.7. The second kappa shape index (κ2) is 13.4. The third-order valence-electron chi connectivity index (χ3n) is 4.38. The first-order valence-electron chi connectivity index (χ1n) is 9.57. The number of unbranched alkanes of at least 4 members (excludes halogenated alkanes) is 1. The van der Waals surface area contributed by atoms with Crippen LogP contribution in [-0.2, 0) is 24.0 Å². The molecule has 30 heavy (non-hydrogen) atoms. The Morgan fingerprint density at radius 1 is 1.20 bits per heavy atom. The summed E-state index contributed by atoms with van der Waals surface area (Å²) in [7, 11) is 0. The number of carbonyl (C=O) groups is 4. The lowest BCUT2D eigenvalue weighted by atomic mass is 10.1. The van der Waals surface area contributed by atoms with Crippen molar-refractivity contribution in [3.63, 3.8) is 0 Å². The molecule has 13 heteroatoms. The van der Waals surface area contributed by atoms with Gasteiger partial charge in [0.15, 0.2) is 0 Å². The van der Waals surface area contributed by atoms with E-state index in [0.717, 1.165) is 11.8 Å². The van der Waals surface area contributed by atoms with Crippen LogP contribution in [0.5, 0.6) is 0 Å². The smallest absolute Gasteiger partial charge is 0.407 e. The minimum Gasteiger partial charge on any atom is -0.480 e. The van der Waals surface area contributed by atoms with Crippen molar-refractivity contribution in [2.24, 2.45) is 5.92 Å². The Hall–Kier alpha value is -1.93. The maximum atomic E-state index is 12.5. The van der Waals surface area contributed by atoms with Gasteiger partial charge in [0.05, 0.1) is 24.6 Å². The summed E-state index contributed by atoms with van der Waals surface area (Å²) in [4.78, 5) is 53.2. The van der Waals surface area contributed by atoms with Crippen LogP contribution in [0.3, 0.4) is 0 Å². The van der Waals surface area contributed by atoms with Gasteiger partial charge < -0.3 is 20.1 Å². The standard InChI is InChI=1S/C17H29N3O9S/c1-11(14(21)19-7-5-6-13(19)15(22)23)10-30-16(24)12(2)18-17(25)28-8-3-4-9-29-20(26)27/h11-13,26-27H,3-10H2,1-2H3,(H,18,25)(H,22,23)/t11-,12?,13+/m1/s1. The number of carboxylic acids is 1. The van der Waals surface area contributed by atoms with E-state index in [1.807, 2.05) is 0 Å². The van der Waals surface area contributed by atoms with Crippen LogP contribution < -0.4 is 5.32 Å². The quantitative estimate of drug-likeness (QED) is 0.245. The highest BCUT2D eigenvalue weighted by Crippen LogP contribution is 2.22. The summed E-state index contributed by atoms with van der Waals surface area (Å²) in [5.41, 5.74) is 0. The van der Waals surface area contributed by atoms with Crippen LogP contribution in [0.1, 0.15) is 39.5 Å². The van der Waals surface area contributed by atoms with Gasteiger partial charge in [-0.2, -0.15) is 0 Å². The summed E-state index contributed by atoms with van der Waals surface area (Å²) in [6.07, 6.45) is 1.14. The van der Waals surface area contributed by atoms with Gasteiger partial charge in [0.1, 0.15) is 6.04 Å². The van der Waals surface area contributed by atoms with Crippen molar-refractivity contribution < 1.29 is 44.3 Å². The van der Waals surface area contributed by atoms with Gasteiger partial charge in [-0.1, -0.05) is 18.7 Å². The number of nitrogens with zero attached hydrogens (tertiary/aromatic N) is 2. The summed E-state index contributed by atoms with van der Waals surface area (Å²) in [6.45, 7) is 3.63. The number of likely N-dealkylation sites (tertiary alicyclic amines) is 1. The summed E-state index contributed by atoms with van der Waals surface area (Å²) < 4.78 is 4.91. The van der Waals surface area contributed by atoms with Crippen LogP contribution in [0.25, 0.3) is 0 Å². The SMILES string of the molecule is CC(NC(=O)OCCCCON(O)O)C(=O)SC[C@@H](C)C(=O)N1CCC[C@H]1C(=O)O. The molecule has 3 atom stereocenters. The van der Waals surface area contributed by atoms with Crippen LogP contribution in [0, 0.1) is 5.92 Å². The predicted octanol–water partition coefficient (Wildman–Crippen LogP) is 0.865. The van der Waals surface area contributed by atoms with Gasteiger partial charge in [-0.15, -0.1) is 0 Å². The van der Waals surface area contributed by atoms with Crippen LogP contribution in [-0.4, -0.2) is 86.5 Å². The Balaban J connectivity index is 2.27. The minimum absolute atomic E-state index is 0.0328. The van der Waals surface area contributed by atoms with E-state index in [1.165, 1.54) is 11.8 Å². The highest BCUT2D eigenvalue weighted by atomic mass is 32.2. The van der Waals surface area contributed by atoms with E-state index in [4.69, 9.17) is 15.2 Å². The van der Waals surface area contributed by atoms with E-state index in [1.54, 1.807) is 6.92 Å². The molecular formula is C17H29N3O9S. The van der Waals surface area contributed by atoms with Gasteiger partial charge in [0, 0.05) is 18.2 Å². The van der Waals surface area contributed by atoms with E-state index in [2.05, 4.69) is 10.2 Å². The Bertz CT molecular complexity index is 605. The molecule has 1 fully saturated rings. The van der Waals surface area contributed by atoms with Crippen molar-refractivity contribution >= 4 is 34.8 Å². The van der Waals surface area contributed by atoms with E-state index in [0.29, 0.717) is 32.2 Å². The van der Waals surface area contributed by atoms with Crippen molar-refractivity contribution in [1.82, 2.24) is 15.6 Å². The van der Waals surface area contributed by atoms with Crippen LogP contribution >= 0.6 is 11.8 Å². The second-order valence-corrected chi connectivity index (χ2v) is 7.88. The zero-order chi connectivity index (χ0) is 22.7. The van der Waals surface area contributed by atoms with Crippen molar-refractivity contribution in [3.8, 4) is 0 Å². The van der Waals surface area contributed by atoms with Crippen molar-refractivity contribution in [2.45, 2.75) is 51.6 Å². The van der Waals surface area contributed by atoms with Crippen LogP contribution in [0.15, 0.2) is 0 Å². The fourth-order valence-corrected chi connectivity index (χ4v) is 3.63. The molecule has 0 aromatic heterocycles. The van der Waals surface area contributed by atoms with Crippen molar-refractivity contribution in [2.75, 3.05) is 25.5 Å². The monoisotopic (exact) mass is 451 g/mol. The molecule has 1 saturated heterocycles. The number of thioether (sulfide) groups is 1. The molecule has 172 valence electrons. The molecule has 1 aliphatic rings. The Labute approximate surface area is 178 Å². The summed E-state index contributed by atoms with van der Waals surface area (Å²) in [5.74, 6) is -1.68. The van der Waals surface area contributed by atoms with Gasteiger partial charge in [0.2, 0.25) is 11.0 Å². The molecule has 0 spiro atoms. The average molecular weight is 451 g/mol. The predicted molar refractivity (Wildman–Crippen MR) is 104 cm³/mol. The molecule has 1 unspecified atom stereocenters. The van der Waals surface area contributed by atoms with Crippen molar-refractivity contribution in [3.05, 3.63) is 0 Å². The number of carboxylic acid groups (broad SMARTS) is 1. The molecule has 1 aliphatic heterocycles. The van der Waals surface area contributed by atoms with E-state index in [9.17, 15) is 24.3 Å². The van der Waals surface area contributed by atoms with Crippen molar-refractivity contribution in [1.29, 1.82) is 0 Å². The zero-order valence-electron chi connectivity index (χ0n) is 17.0. The van der Waals surface area contributed by atoms with Gasteiger partial charge in [0.25, 0.3) is 0 Å². The molecule has 1 heterocycles. The maximum Gasteiger partial charge on any atom is 0.407 e. The maximum absolute atomic E-state index is 12.5. The second-order valence-electron chi connectivity index (χ2n) is 6.85. The third kappa shape index (κ3) is 9.26. The number of rotatable bonds is 12. The fourth-order valence-electron chi connectivity index (χ4n) is 2.77. The number of aliphatic carboxylic acids is 1. The number of carbonyl (C=O) groups excluding carboxylic acids is 3. The number of alkyl carbamates (subject to hydrolysis) is 1. The largest absolute Gasteiger partial charge is 0.480 e. The average Bonchev–Trinajstić information content (AvgIpc) is 3.17. The highest BCUT2D eigenvalue weighted by Gasteiger charge is 2.36. The number of ether oxygens (including phenoxy) is 1. The van der Waals surface area contributed by atoms with E-state index >= 15 is 0 Å². The third-order valence-corrected chi connectivity index (χ3v) is 5.69. The molecule has 1 rings (SSSR count). The van der Waals surface area contributed by atoms with Crippen LogP contribution in [0.4, 0.5) is 4.79 Å². The van der Waals surface area contributed by atoms with E-state index in [-0.39, 0.29) is 30.0 Å². The summed E-state index contributed by atoms with van der Waals surface area (Å²) in [5, 5.41) is 27.5. The fraction of sp³-hybridized carbons (Fsp3) is 0.765. The first kappa shape index (κ1) is 26.1. The first-order valence-corrected chi connectivity index (χ1v) is 10.6. The lowest BCUT2D eigenvalue weighted by Crippen LogP contribution is -2.43. The lowest BCUT2D eigenvalue weighted by Gasteiger charge is -2.24. The zero-order valence-corrected chi connectivity index (χ0v) is 17.8. The number of hydrogen-bond donors (Lipinski definition) is 4. The number of hydrogen-bond acceptors (Lipinski definition) is 10. The summed E-state index contributed by atoms with van der Waals surface area (Å²) in [6, 6.07) is -1.64. The summed E-state index contributed by atoms with van der Waals surface area (Å²) >= 11 is 0.896. The van der Waals surface area contributed by atoms with E-state index < -0.39 is 35.5 Å². The topological polar surface area (TPSA) is 166 Å². The molecule has 0 aromatic rings. The molecule has 0 saturated carbocycles. The number of nitrogens with one attached hydrogen (secondary N) is 1. The molecule has 0 aromatic carbocycles. The molecule has 4 N–H and O–H groups in total. The Morgan fingerprint density at radius 3 is 2.50 bits per heavy atom. The number of amides is 2. The Morgan fingerprint density at radius 2 is 1.87 bits per heavy atom. The minimum atomic E-state index is -1.02. The van der Waals surface area contributed by atoms with Gasteiger partial charge in [-0.25, -0.2) is 9.59 Å². The molecule has 2 amide bonds. The van der Waals surface area contributed by atoms with Gasteiger partial charge >= 0.3 is 12.1 Å². The normalized spacial score (nSPS) is 18.2.